The number of carbonyl (C=O) groups is 1. The average Bonchev–Trinajstić information content (AvgIpc) is 2.54. The summed E-state index contributed by atoms with van der Waals surface area (Å²) in [6, 6.07) is 7.69. The number of hydrogen-bond donors (Lipinski definition) is 2. The molecule has 1 aliphatic heterocycles. The largest absolute Gasteiger partial charge is 0.492 e. The van der Waals surface area contributed by atoms with Crippen molar-refractivity contribution in [1.82, 2.24) is 10.6 Å². The van der Waals surface area contributed by atoms with Crippen molar-refractivity contribution in [3.05, 3.63) is 28.7 Å². The van der Waals surface area contributed by atoms with Crippen LogP contribution in [0.4, 0.5) is 0 Å². The number of rotatable bonds is 7. The highest BCUT2D eigenvalue weighted by Crippen LogP contribution is 2.22. The third-order valence-electron chi connectivity index (χ3n) is 4.15. The summed E-state index contributed by atoms with van der Waals surface area (Å²) in [5, 5.41) is 6.35. The molecule has 0 aromatic heterocycles. The van der Waals surface area contributed by atoms with Crippen LogP contribution in [0.1, 0.15) is 26.2 Å². The lowest BCUT2D eigenvalue weighted by Gasteiger charge is -2.28. The van der Waals surface area contributed by atoms with Gasteiger partial charge in [0.05, 0.1) is 6.54 Å². The van der Waals surface area contributed by atoms with Gasteiger partial charge in [0.1, 0.15) is 12.4 Å². The summed E-state index contributed by atoms with van der Waals surface area (Å²) in [5.74, 6) is 2.00. The number of halogens is 2. The Morgan fingerprint density at radius 3 is 2.83 bits per heavy atom. The predicted octanol–water partition coefficient (Wildman–Crippen LogP) is 3.39. The zero-order chi connectivity index (χ0) is 15.8. The van der Waals surface area contributed by atoms with Crippen LogP contribution >= 0.6 is 28.3 Å². The molecule has 23 heavy (non-hydrogen) atoms. The van der Waals surface area contributed by atoms with Gasteiger partial charge in [-0.2, -0.15) is 0 Å². The third-order valence-corrected chi connectivity index (χ3v) is 4.68. The Morgan fingerprint density at radius 2 is 2.17 bits per heavy atom. The lowest BCUT2D eigenvalue weighted by atomic mass is 9.85. The summed E-state index contributed by atoms with van der Waals surface area (Å²) in [6.07, 6.45) is 3.05. The molecular formula is C17H26BrClN2O2. The van der Waals surface area contributed by atoms with E-state index in [4.69, 9.17) is 4.74 Å². The maximum absolute atomic E-state index is 12.0. The van der Waals surface area contributed by atoms with E-state index in [1.165, 1.54) is 12.8 Å². The van der Waals surface area contributed by atoms with Crippen LogP contribution in [0.3, 0.4) is 0 Å². The van der Waals surface area contributed by atoms with Gasteiger partial charge in [-0.15, -0.1) is 12.4 Å². The van der Waals surface area contributed by atoms with E-state index in [2.05, 4.69) is 33.5 Å². The van der Waals surface area contributed by atoms with Crippen LogP contribution in [0.25, 0.3) is 0 Å². The van der Waals surface area contributed by atoms with E-state index in [1.807, 2.05) is 24.3 Å². The second kappa shape index (κ2) is 10.9. The van der Waals surface area contributed by atoms with Crippen molar-refractivity contribution >= 4 is 34.2 Å². The van der Waals surface area contributed by atoms with Gasteiger partial charge in [-0.25, -0.2) is 0 Å². The fraction of sp³-hybridized carbons (Fsp3) is 0.588. The maximum atomic E-state index is 12.0. The Bertz CT molecular complexity index is 464. The van der Waals surface area contributed by atoms with Crippen LogP contribution in [0.15, 0.2) is 28.7 Å². The zero-order valence-electron chi connectivity index (χ0n) is 13.5. The van der Waals surface area contributed by atoms with Gasteiger partial charge >= 0.3 is 0 Å². The molecule has 0 aliphatic carbocycles. The van der Waals surface area contributed by atoms with Crippen LogP contribution in [0.5, 0.6) is 5.75 Å². The first kappa shape index (κ1) is 20.3. The maximum Gasteiger partial charge on any atom is 0.220 e. The summed E-state index contributed by atoms with van der Waals surface area (Å²) in [7, 11) is 0. The van der Waals surface area contributed by atoms with Crippen LogP contribution in [0.2, 0.25) is 0 Å². The highest BCUT2D eigenvalue weighted by molar-refractivity contribution is 9.10. The summed E-state index contributed by atoms with van der Waals surface area (Å²) in [5.41, 5.74) is 0. The highest BCUT2D eigenvalue weighted by Gasteiger charge is 2.21. The third kappa shape index (κ3) is 7.55. The Hall–Kier alpha value is -0.780. The normalized spacial score (nSPS) is 18.6. The average molecular weight is 406 g/mol. The smallest absolute Gasteiger partial charge is 0.220 e. The summed E-state index contributed by atoms with van der Waals surface area (Å²) < 4.78 is 6.61. The van der Waals surface area contributed by atoms with Gasteiger partial charge in [0.15, 0.2) is 0 Å². The van der Waals surface area contributed by atoms with Crippen molar-refractivity contribution in [2.75, 3.05) is 26.2 Å². The van der Waals surface area contributed by atoms with Crippen molar-refractivity contribution < 1.29 is 9.53 Å². The second-order valence-electron chi connectivity index (χ2n) is 5.94. The number of nitrogens with one attached hydrogen (secondary N) is 2. The number of piperidine rings is 1. The number of benzene rings is 1. The van der Waals surface area contributed by atoms with Gasteiger partial charge in [-0.05, 0) is 62.0 Å². The van der Waals surface area contributed by atoms with Crippen molar-refractivity contribution in [3.63, 3.8) is 0 Å². The Kier molecular flexibility index (Phi) is 9.60. The van der Waals surface area contributed by atoms with Gasteiger partial charge < -0.3 is 15.4 Å². The highest BCUT2D eigenvalue weighted by atomic mass is 79.9. The van der Waals surface area contributed by atoms with Crippen LogP contribution in [-0.2, 0) is 4.79 Å². The molecule has 1 aromatic rings. The molecule has 1 fully saturated rings. The molecule has 1 aromatic carbocycles. The molecule has 0 radical (unpaired) electrons. The van der Waals surface area contributed by atoms with E-state index in [-0.39, 0.29) is 18.3 Å². The summed E-state index contributed by atoms with van der Waals surface area (Å²) >= 11 is 3.38. The van der Waals surface area contributed by atoms with E-state index >= 15 is 0 Å². The number of ether oxygens (including phenoxy) is 1. The van der Waals surface area contributed by atoms with E-state index in [9.17, 15) is 4.79 Å². The SMILES string of the molecule is CC(CC(=O)NCCOc1ccc(Br)cc1)C1CCCNC1.Cl. The molecule has 1 aliphatic rings. The van der Waals surface area contributed by atoms with Gasteiger partial charge in [-0.3, -0.25) is 4.79 Å². The Morgan fingerprint density at radius 1 is 1.43 bits per heavy atom. The zero-order valence-corrected chi connectivity index (χ0v) is 15.9. The Balaban J connectivity index is 0.00000264. The second-order valence-corrected chi connectivity index (χ2v) is 6.86. The molecule has 0 spiro atoms. The van der Waals surface area contributed by atoms with Crippen molar-refractivity contribution in [3.8, 4) is 5.75 Å². The van der Waals surface area contributed by atoms with Gasteiger partial charge in [0.25, 0.3) is 0 Å². The molecule has 2 N–H and O–H groups in total. The summed E-state index contributed by atoms with van der Waals surface area (Å²) in [6.45, 7) is 5.37. The molecular weight excluding hydrogens is 380 g/mol. The quantitative estimate of drug-likeness (QED) is 0.684. The van der Waals surface area contributed by atoms with Crippen molar-refractivity contribution in [2.24, 2.45) is 11.8 Å². The monoisotopic (exact) mass is 404 g/mol. The van der Waals surface area contributed by atoms with E-state index in [0.717, 1.165) is 23.3 Å². The minimum absolute atomic E-state index is 0. The molecule has 130 valence electrons. The fourth-order valence-electron chi connectivity index (χ4n) is 2.79. The molecule has 1 saturated heterocycles. The first-order valence-corrected chi connectivity index (χ1v) is 8.80. The van der Waals surface area contributed by atoms with Crippen LogP contribution < -0.4 is 15.4 Å². The van der Waals surface area contributed by atoms with Crippen LogP contribution in [0, 0.1) is 11.8 Å². The molecule has 2 rings (SSSR count). The van der Waals surface area contributed by atoms with Crippen LogP contribution in [-0.4, -0.2) is 32.1 Å². The van der Waals surface area contributed by atoms with E-state index < -0.39 is 0 Å². The number of amides is 1. The van der Waals surface area contributed by atoms with E-state index in [0.29, 0.717) is 31.4 Å². The van der Waals surface area contributed by atoms with Gasteiger partial charge in [0, 0.05) is 10.9 Å². The molecule has 2 unspecified atom stereocenters. The summed E-state index contributed by atoms with van der Waals surface area (Å²) in [4.78, 5) is 12.0. The standard InChI is InChI=1S/C17H25BrN2O2.ClH/c1-13(14-3-2-8-19-12-14)11-17(21)20-9-10-22-16-6-4-15(18)5-7-16;/h4-7,13-14,19H,2-3,8-12H2,1H3,(H,20,21);1H. The lowest BCUT2D eigenvalue weighted by Crippen LogP contribution is -2.36. The first-order chi connectivity index (χ1) is 10.6. The minimum atomic E-state index is 0. The molecule has 1 amide bonds. The molecule has 4 nitrogen and oxygen atoms in total. The predicted molar refractivity (Wildman–Crippen MR) is 99.3 cm³/mol. The topological polar surface area (TPSA) is 50.4 Å². The lowest BCUT2D eigenvalue weighted by molar-refractivity contribution is -0.122. The molecule has 0 bridgehead atoms. The van der Waals surface area contributed by atoms with Crippen molar-refractivity contribution in [2.45, 2.75) is 26.2 Å². The van der Waals surface area contributed by atoms with Crippen molar-refractivity contribution in [1.29, 1.82) is 0 Å². The number of hydrogen-bond acceptors (Lipinski definition) is 3. The molecule has 2 atom stereocenters. The minimum Gasteiger partial charge on any atom is -0.492 e. The molecule has 0 saturated carbocycles. The Labute approximate surface area is 153 Å². The fourth-order valence-corrected chi connectivity index (χ4v) is 3.05. The van der Waals surface area contributed by atoms with Gasteiger partial charge in [0.2, 0.25) is 5.91 Å². The molecule has 1 heterocycles. The van der Waals surface area contributed by atoms with Gasteiger partial charge in [-0.1, -0.05) is 22.9 Å². The van der Waals surface area contributed by atoms with E-state index in [1.54, 1.807) is 0 Å². The first-order valence-electron chi connectivity index (χ1n) is 8.01. The molecule has 6 heteroatoms. The number of carbonyl (C=O) groups excluding carboxylic acids is 1.